The summed E-state index contributed by atoms with van der Waals surface area (Å²) in [4.78, 5) is 26.4. The Bertz CT molecular complexity index is 1400. The topological polar surface area (TPSA) is 83.8 Å². The molecule has 5 nitrogen and oxygen atoms in total. The number of phenols is 1. The van der Waals surface area contributed by atoms with Crippen LogP contribution >= 0.6 is 0 Å². The van der Waals surface area contributed by atoms with Crippen LogP contribution in [0.5, 0.6) is 11.5 Å². The molecule has 0 saturated heterocycles. The molecule has 1 unspecified atom stereocenters. The Morgan fingerprint density at radius 2 is 1.64 bits per heavy atom. The number of Topliss-reactive ketones (excluding diaryl/α,β-unsaturated/α-hetero) is 2. The second-order valence-electron chi connectivity index (χ2n) is 11.2. The summed E-state index contributed by atoms with van der Waals surface area (Å²) >= 11 is 0. The van der Waals surface area contributed by atoms with Crippen molar-refractivity contribution in [3.8, 4) is 23.3 Å². The zero-order valence-electron chi connectivity index (χ0n) is 24.8. The summed E-state index contributed by atoms with van der Waals surface area (Å²) in [6, 6.07) is 21.8. The SMILES string of the molecule is CCCCCC[C@H]1CC#CC(c2ccccc2)c2c(cc(OC)c(O)c2CCc2ccccc2)CCC(=O)[C@@H](O)C1=O. The summed E-state index contributed by atoms with van der Waals surface area (Å²) < 4.78 is 5.58. The van der Waals surface area contributed by atoms with Crippen molar-refractivity contribution in [2.75, 3.05) is 7.11 Å². The summed E-state index contributed by atoms with van der Waals surface area (Å²) in [6.45, 7) is 2.14. The van der Waals surface area contributed by atoms with Crippen LogP contribution < -0.4 is 4.74 Å². The number of unbranched alkanes of at least 4 members (excludes halogenated alkanes) is 3. The molecule has 5 heteroatoms. The van der Waals surface area contributed by atoms with E-state index in [4.69, 9.17) is 4.74 Å². The lowest BCUT2D eigenvalue weighted by molar-refractivity contribution is -0.141. The van der Waals surface area contributed by atoms with Crippen molar-refractivity contribution in [1.29, 1.82) is 0 Å². The van der Waals surface area contributed by atoms with E-state index in [0.717, 1.165) is 53.5 Å². The van der Waals surface area contributed by atoms with Crippen molar-refractivity contribution in [2.45, 2.75) is 83.2 Å². The smallest absolute Gasteiger partial charge is 0.172 e. The fraction of sp³-hybridized carbons (Fsp3) is 0.405. The molecule has 0 radical (unpaired) electrons. The highest BCUT2D eigenvalue weighted by Gasteiger charge is 2.31. The van der Waals surface area contributed by atoms with Gasteiger partial charge in [-0.25, -0.2) is 0 Å². The van der Waals surface area contributed by atoms with Crippen molar-refractivity contribution in [3.05, 3.63) is 94.5 Å². The Labute approximate surface area is 249 Å². The predicted octanol–water partition coefficient (Wildman–Crippen LogP) is 6.74. The highest BCUT2D eigenvalue weighted by atomic mass is 16.5. The first kappa shape index (κ1) is 31.1. The van der Waals surface area contributed by atoms with Crippen molar-refractivity contribution >= 4 is 11.6 Å². The molecule has 3 aromatic rings. The number of ether oxygens (including phenoxy) is 1. The Balaban J connectivity index is 1.84. The molecular formula is C37H42O5. The van der Waals surface area contributed by atoms with Gasteiger partial charge in [-0.1, -0.05) is 99.2 Å². The Hall–Kier alpha value is -3.88. The fourth-order valence-corrected chi connectivity index (χ4v) is 5.85. The van der Waals surface area contributed by atoms with E-state index in [1.807, 2.05) is 48.5 Å². The number of hydrogen-bond donors (Lipinski definition) is 2. The number of fused-ring (bicyclic) bond motifs is 1. The van der Waals surface area contributed by atoms with Crippen LogP contribution in [0.1, 0.15) is 85.6 Å². The molecule has 0 aromatic heterocycles. The van der Waals surface area contributed by atoms with Gasteiger partial charge in [0.1, 0.15) is 0 Å². The highest BCUT2D eigenvalue weighted by Crippen LogP contribution is 2.42. The normalized spacial score (nSPS) is 19.2. The highest BCUT2D eigenvalue weighted by molar-refractivity contribution is 6.06. The first-order chi connectivity index (χ1) is 20.4. The van der Waals surface area contributed by atoms with E-state index in [-0.39, 0.29) is 24.5 Å². The van der Waals surface area contributed by atoms with Crippen LogP contribution in [0.15, 0.2) is 66.7 Å². The maximum atomic E-state index is 13.3. The third kappa shape index (κ3) is 7.69. The number of phenolic OH excluding ortho intramolecular Hbond substituents is 1. The number of benzene rings is 3. The Morgan fingerprint density at radius 3 is 2.33 bits per heavy atom. The van der Waals surface area contributed by atoms with Gasteiger partial charge in [0.25, 0.3) is 0 Å². The zero-order chi connectivity index (χ0) is 29.9. The van der Waals surface area contributed by atoms with Crippen LogP contribution in [0, 0.1) is 17.8 Å². The molecular weight excluding hydrogens is 524 g/mol. The molecule has 3 atom stereocenters. The van der Waals surface area contributed by atoms with Crippen LogP contribution in [0.2, 0.25) is 0 Å². The molecule has 0 bridgehead atoms. The molecule has 0 aliphatic heterocycles. The van der Waals surface area contributed by atoms with Gasteiger partial charge in [0, 0.05) is 24.3 Å². The zero-order valence-corrected chi connectivity index (χ0v) is 24.8. The minimum absolute atomic E-state index is 0.00343. The van der Waals surface area contributed by atoms with Crippen LogP contribution in [0.4, 0.5) is 0 Å². The third-order valence-electron chi connectivity index (χ3n) is 8.26. The average Bonchev–Trinajstić information content (AvgIpc) is 3.02. The molecule has 1 aliphatic carbocycles. The summed E-state index contributed by atoms with van der Waals surface area (Å²) in [5.41, 5.74) is 4.56. The van der Waals surface area contributed by atoms with Gasteiger partial charge in [0.2, 0.25) is 0 Å². The summed E-state index contributed by atoms with van der Waals surface area (Å²) in [7, 11) is 1.51. The van der Waals surface area contributed by atoms with Gasteiger partial charge in [0.15, 0.2) is 29.2 Å². The van der Waals surface area contributed by atoms with Crippen LogP contribution in [0.3, 0.4) is 0 Å². The quantitative estimate of drug-likeness (QED) is 0.161. The predicted molar refractivity (Wildman–Crippen MR) is 166 cm³/mol. The lowest BCUT2D eigenvalue weighted by atomic mass is 9.80. The second-order valence-corrected chi connectivity index (χ2v) is 11.2. The molecule has 0 spiro atoms. The standard InChI is InChI=1S/C37H42O5/c1-3-4-5-10-18-28-19-13-20-30(27-16-11-7-12-17-27)34-29(22-24-32(38)37(41)35(28)39)25-33(42-2)36(40)31(34)23-21-26-14-8-6-9-15-26/h6-9,11-12,14-17,25,28,30,37,40-41H,3-5,10,18-19,21-24H2,1-2H3/t28-,30?,37+/m0/s1. The van der Waals surface area contributed by atoms with E-state index in [1.54, 1.807) is 6.07 Å². The van der Waals surface area contributed by atoms with Gasteiger partial charge in [-0.2, -0.15) is 0 Å². The number of hydrogen-bond acceptors (Lipinski definition) is 5. The first-order valence-corrected chi connectivity index (χ1v) is 15.2. The minimum Gasteiger partial charge on any atom is -0.504 e. The summed E-state index contributed by atoms with van der Waals surface area (Å²) in [5, 5.41) is 22.2. The monoisotopic (exact) mass is 566 g/mol. The number of aromatic hydroxyl groups is 1. The summed E-state index contributed by atoms with van der Waals surface area (Å²) in [6.07, 6.45) is 4.81. The Morgan fingerprint density at radius 1 is 0.929 bits per heavy atom. The van der Waals surface area contributed by atoms with E-state index in [2.05, 4.69) is 30.9 Å². The van der Waals surface area contributed by atoms with Gasteiger partial charge in [-0.05, 0) is 54.0 Å². The third-order valence-corrected chi connectivity index (χ3v) is 8.26. The molecule has 0 fully saturated rings. The van der Waals surface area contributed by atoms with E-state index in [0.29, 0.717) is 31.4 Å². The van der Waals surface area contributed by atoms with Gasteiger partial charge in [0.05, 0.1) is 13.0 Å². The fourth-order valence-electron chi connectivity index (χ4n) is 5.85. The minimum atomic E-state index is -1.65. The molecule has 4 rings (SSSR count). The van der Waals surface area contributed by atoms with Crippen LogP contribution in [0.25, 0.3) is 0 Å². The number of aryl methyl sites for hydroxylation is 2. The van der Waals surface area contributed by atoms with Crippen molar-refractivity contribution in [2.24, 2.45) is 5.92 Å². The Kier molecular flexibility index (Phi) is 11.4. The lowest BCUT2D eigenvalue weighted by Crippen LogP contribution is -2.35. The van der Waals surface area contributed by atoms with Crippen molar-refractivity contribution in [1.82, 2.24) is 0 Å². The number of methoxy groups -OCH3 is 1. The maximum Gasteiger partial charge on any atom is 0.172 e. The van der Waals surface area contributed by atoms with Crippen LogP contribution in [-0.4, -0.2) is 35.0 Å². The first-order valence-electron chi connectivity index (χ1n) is 15.2. The molecule has 220 valence electrons. The van der Waals surface area contributed by atoms with E-state index in [9.17, 15) is 19.8 Å². The van der Waals surface area contributed by atoms with Gasteiger partial charge >= 0.3 is 0 Å². The van der Waals surface area contributed by atoms with Gasteiger partial charge in [-0.15, -0.1) is 5.92 Å². The lowest BCUT2D eigenvalue weighted by Gasteiger charge is -2.24. The second kappa shape index (κ2) is 15.4. The number of ketones is 2. The van der Waals surface area contributed by atoms with E-state index < -0.39 is 23.6 Å². The number of rotatable bonds is 10. The van der Waals surface area contributed by atoms with E-state index >= 15 is 0 Å². The molecule has 42 heavy (non-hydrogen) atoms. The maximum absolute atomic E-state index is 13.3. The average molecular weight is 567 g/mol. The number of carbonyl (C=O) groups is 2. The number of aliphatic hydroxyl groups is 1. The van der Waals surface area contributed by atoms with Gasteiger partial charge in [-0.3, -0.25) is 9.59 Å². The van der Waals surface area contributed by atoms with Crippen molar-refractivity contribution < 1.29 is 24.5 Å². The van der Waals surface area contributed by atoms with Crippen molar-refractivity contribution in [3.63, 3.8) is 0 Å². The molecule has 0 amide bonds. The number of carbonyl (C=O) groups excluding carboxylic acids is 2. The van der Waals surface area contributed by atoms with E-state index in [1.165, 1.54) is 7.11 Å². The molecule has 3 aromatic carbocycles. The molecule has 2 N–H and O–H groups in total. The summed E-state index contributed by atoms with van der Waals surface area (Å²) in [5.74, 6) is 5.41. The van der Waals surface area contributed by atoms with Gasteiger partial charge < -0.3 is 14.9 Å². The molecule has 1 aliphatic rings. The number of aliphatic hydroxyl groups excluding tert-OH is 1. The molecule has 0 saturated carbocycles. The largest absolute Gasteiger partial charge is 0.504 e. The van der Waals surface area contributed by atoms with Crippen LogP contribution in [-0.2, 0) is 28.9 Å². The molecule has 0 heterocycles.